The molecule has 1 heterocycles. The van der Waals surface area contributed by atoms with Gasteiger partial charge in [-0.05, 0) is 30.8 Å². The second kappa shape index (κ2) is 7.60. The molecule has 1 N–H and O–H groups in total. The number of para-hydroxylation sites is 2. The molecular formula is C16H22N2O2. The van der Waals surface area contributed by atoms with Crippen molar-refractivity contribution in [1.82, 2.24) is 9.88 Å². The maximum absolute atomic E-state index is 5.79. The highest BCUT2D eigenvalue weighted by molar-refractivity contribution is 5.39. The zero-order valence-electron chi connectivity index (χ0n) is 12.1. The van der Waals surface area contributed by atoms with Gasteiger partial charge in [0.2, 0.25) is 0 Å². The van der Waals surface area contributed by atoms with Gasteiger partial charge in [0.25, 0.3) is 0 Å². The first-order valence-electron chi connectivity index (χ1n) is 6.95. The van der Waals surface area contributed by atoms with E-state index in [0.29, 0.717) is 6.61 Å². The summed E-state index contributed by atoms with van der Waals surface area (Å²) >= 11 is 0. The molecule has 0 aliphatic carbocycles. The molecule has 0 saturated carbocycles. The van der Waals surface area contributed by atoms with Crippen molar-refractivity contribution in [2.24, 2.45) is 0 Å². The summed E-state index contributed by atoms with van der Waals surface area (Å²) in [5.41, 5.74) is 1.27. The molecule has 20 heavy (non-hydrogen) atoms. The number of rotatable bonds is 8. The summed E-state index contributed by atoms with van der Waals surface area (Å²) in [6, 6.07) is 11.9. The molecule has 0 atom stereocenters. The Morgan fingerprint density at radius 2 is 1.90 bits per heavy atom. The van der Waals surface area contributed by atoms with Crippen LogP contribution < -0.4 is 14.8 Å². The number of nitrogens with zero attached hydrogens (tertiary/aromatic N) is 1. The maximum atomic E-state index is 5.79. The molecule has 0 unspecified atom stereocenters. The van der Waals surface area contributed by atoms with E-state index in [2.05, 4.69) is 35.1 Å². The maximum Gasteiger partial charge on any atom is 0.161 e. The van der Waals surface area contributed by atoms with Crippen molar-refractivity contribution in [3.05, 3.63) is 48.3 Å². The molecule has 1 aromatic heterocycles. The van der Waals surface area contributed by atoms with E-state index in [0.717, 1.165) is 31.1 Å². The Morgan fingerprint density at radius 3 is 2.65 bits per heavy atom. The first kappa shape index (κ1) is 14.5. The number of nitrogens with one attached hydrogen (secondary N) is 1. The number of hydrogen-bond acceptors (Lipinski definition) is 3. The van der Waals surface area contributed by atoms with E-state index in [1.54, 1.807) is 7.11 Å². The Morgan fingerprint density at radius 1 is 1.10 bits per heavy atom. The summed E-state index contributed by atoms with van der Waals surface area (Å²) in [5, 5.41) is 3.34. The van der Waals surface area contributed by atoms with Gasteiger partial charge in [0.15, 0.2) is 11.5 Å². The van der Waals surface area contributed by atoms with Gasteiger partial charge in [-0.25, -0.2) is 0 Å². The zero-order valence-corrected chi connectivity index (χ0v) is 12.1. The van der Waals surface area contributed by atoms with Crippen molar-refractivity contribution in [2.75, 3.05) is 20.3 Å². The lowest BCUT2D eigenvalue weighted by atomic mass is 10.3. The van der Waals surface area contributed by atoms with Crippen LogP contribution in [0.3, 0.4) is 0 Å². The van der Waals surface area contributed by atoms with Crippen molar-refractivity contribution in [3.63, 3.8) is 0 Å². The van der Waals surface area contributed by atoms with Gasteiger partial charge in [-0.1, -0.05) is 19.1 Å². The number of benzene rings is 1. The van der Waals surface area contributed by atoms with Crippen LogP contribution in [0.4, 0.5) is 0 Å². The Hall–Kier alpha value is -1.94. The van der Waals surface area contributed by atoms with Crippen LogP contribution in [0.1, 0.15) is 12.6 Å². The lowest BCUT2D eigenvalue weighted by molar-refractivity contribution is 0.278. The van der Waals surface area contributed by atoms with Crippen LogP contribution in [0.2, 0.25) is 0 Å². The van der Waals surface area contributed by atoms with E-state index in [9.17, 15) is 0 Å². The van der Waals surface area contributed by atoms with Crippen LogP contribution in [0.25, 0.3) is 0 Å². The van der Waals surface area contributed by atoms with Crippen molar-refractivity contribution < 1.29 is 9.47 Å². The molecule has 4 nitrogen and oxygen atoms in total. The van der Waals surface area contributed by atoms with E-state index >= 15 is 0 Å². The Labute approximate surface area is 120 Å². The largest absolute Gasteiger partial charge is 0.493 e. The number of ether oxygens (including phenoxy) is 2. The zero-order chi connectivity index (χ0) is 14.2. The fourth-order valence-electron chi connectivity index (χ4n) is 2.07. The molecule has 0 bridgehead atoms. The van der Waals surface area contributed by atoms with Crippen LogP contribution in [0.15, 0.2) is 42.6 Å². The monoisotopic (exact) mass is 274 g/mol. The van der Waals surface area contributed by atoms with E-state index in [4.69, 9.17) is 9.47 Å². The van der Waals surface area contributed by atoms with E-state index in [-0.39, 0.29) is 0 Å². The standard InChI is InChI=1S/C16H22N2O2/c1-3-17-13-14-7-6-10-18(14)11-12-20-16-9-5-4-8-15(16)19-2/h4-10,17H,3,11-13H2,1-2H3. The first-order valence-corrected chi connectivity index (χ1v) is 6.95. The molecule has 0 amide bonds. The van der Waals surface area contributed by atoms with Crippen molar-refractivity contribution >= 4 is 0 Å². The predicted molar refractivity (Wildman–Crippen MR) is 80.3 cm³/mol. The number of methoxy groups -OCH3 is 1. The minimum Gasteiger partial charge on any atom is -0.493 e. The molecule has 2 rings (SSSR count). The van der Waals surface area contributed by atoms with Gasteiger partial charge in [-0.3, -0.25) is 0 Å². The molecule has 0 aliphatic rings. The molecule has 0 saturated heterocycles. The summed E-state index contributed by atoms with van der Waals surface area (Å²) in [6.07, 6.45) is 2.08. The van der Waals surface area contributed by atoms with Gasteiger partial charge in [0, 0.05) is 18.4 Å². The molecule has 108 valence electrons. The molecule has 2 aromatic rings. The predicted octanol–water partition coefficient (Wildman–Crippen LogP) is 2.69. The third kappa shape index (κ3) is 3.78. The van der Waals surface area contributed by atoms with Gasteiger partial charge >= 0.3 is 0 Å². The van der Waals surface area contributed by atoms with Gasteiger partial charge in [-0.15, -0.1) is 0 Å². The smallest absolute Gasteiger partial charge is 0.161 e. The van der Waals surface area contributed by atoms with Crippen molar-refractivity contribution in [2.45, 2.75) is 20.0 Å². The second-order valence-electron chi connectivity index (χ2n) is 4.47. The first-order chi connectivity index (χ1) is 9.85. The molecular weight excluding hydrogens is 252 g/mol. The third-order valence-corrected chi connectivity index (χ3v) is 3.14. The highest BCUT2D eigenvalue weighted by Gasteiger charge is 2.04. The normalized spacial score (nSPS) is 10.5. The van der Waals surface area contributed by atoms with Gasteiger partial charge in [0.1, 0.15) is 6.61 Å². The number of hydrogen-bond donors (Lipinski definition) is 1. The molecule has 1 aromatic carbocycles. The van der Waals surface area contributed by atoms with Gasteiger partial charge in [-0.2, -0.15) is 0 Å². The van der Waals surface area contributed by atoms with Crippen molar-refractivity contribution in [1.29, 1.82) is 0 Å². The summed E-state index contributed by atoms with van der Waals surface area (Å²) in [6.45, 7) is 5.42. The quantitative estimate of drug-likeness (QED) is 0.804. The highest BCUT2D eigenvalue weighted by atomic mass is 16.5. The SMILES string of the molecule is CCNCc1cccn1CCOc1ccccc1OC. The Kier molecular flexibility index (Phi) is 5.50. The highest BCUT2D eigenvalue weighted by Crippen LogP contribution is 2.25. The fraction of sp³-hybridized carbons (Fsp3) is 0.375. The second-order valence-corrected chi connectivity index (χ2v) is 4.47. The molecule has 0 spiro atoms. The molecule has 4 heteroatoms. The lowest BCUT2D eigenvalue weighted by Crippen LogP contribution is -2.17. The Balaban J connectivity index is 1.88. The van der Waals surface area contributed by atoms with Crippen LogP contribution in [-0.2, 0) is 13.1 Å². The van der Waals surface area contributed by atoms with Crippen LogP contribution in [0.5, 0.6) is 11.5 Å². The topological polar surface area (TPSA) is 35.4 Å². The Bertz CT molecular complexity index is 523. The molecule has 0 radical (unpaired) electrons. The van der Waals surface area contributed by atoms with Crippen LogP contribution in [-0.4, -0.2) is 24.8 Å². The van der Waals surface area contributed by atoms with Crippen LogP contribution in [0, 0.1) is 0 Å². The van der Waals surface area contributed by atoms with Crippen molar-refractivity contribution in [3.8, 4) is 11.5 Å². The average Bonchev–Trinajstić information content (AvgIpc) is 2.93. The minimum atomic E-state index is 0.619. The van der Waals surface area contributed by atoms with Crippen LogP contribution >= 0.6 is 0 Å². The molecule has 0 aliphatic heterocycles. The summed E-state index contributed by atoms with van der Waals surface area (Å²) in [5.74, 6) is 1.56. The van der Waals surface area contributed by atoms with Gasteiger partial charge < -0.3 is 19.4 Å². The summed E-state index contributed by atoms with van der Waals surface area (Å²) in [4.78, 5) is 0. The van der Waals surface area contributed by atoms with E-state index in [1.807, 2.05) is 24.3 Å². The lowest BCUT2D eigenvalue weighted by Gasteiger charge is -2.12. The summed E-state index contributed by atoms with van der Waals surface area (Å²) < 4.78 is 13.3. The van der Waals surface area contributed by atoms with Gasteiger partial charge in [0.05, 0.1) is 13.7 Å². The number of aromatic nitrogens is 1. The summed E-state index contributed by atoms with van der Waals surface area (Å²) in [7, 11) is 1.66. The average molecular weight is 274 g/mol. The fourth-order valence-corrected chi connectivity index (χ4v) is 2.07. The third-order valence-electron chi connectivity index (χ3n) is 3.14. The van der Waals surface area contributed by atoms with E-state index in [1.165, 1.54) is 5.69 Å². The minimum absolute atomic E-state index is 0.619. The van der Waals surface area contributed by atoms with E-state index < -0.39 is 0 Å². The molecule has 0 fully saturated rings.